The van der Waals surface area contributed by atoms with E-state index in [4.69, 9.17) is 4.74 Å². The zero-order valence-electron chi connectivity index (χ0n) is 15.6. The minimum absolute atomic E-state index is 0.0783. The van der Waals surface area contributed by atoms with Gasteiger partial charge in [0, 0.05) is 12.7 Å². The van der Waals surface area contributed by atoms with Gasteiger partial charge < -0.3 is 10.1 Å². The van der Waals surface area contributed by atoms with Crippen LogP contribution in [-0.2, 0) is 17.6 Å². The second-order valence-electron chi connectivity index (χ2n) is 6.15. The maximum absolute atomic E-state index is 13.6. The zero-order valence-corrected chi connectivity index (χ0v) is 16.4. The number of hydrogen-bond acceptors (Lipinski definition) is 6. The second kappa shape index (κ2) is 7.88. The lowest BCUT2D eigenvalue weighted by Crippen LogP contribution is -2.15. The van der Waals surface area contributed by atoms with E-state index >= 15 is 0 Å². The molecule has 0 fully saturated rings. The second-order valence-corrected chi connectivity index (χ2v) is 7.09. The van der Waals surface area contributed by atoms with E-state index in [0.717, 1.165) is 6.07 Å². The van der Waals surface area contributed by atoms with Crippen LogP contribution in [0.4, 0.5) is 18.9 Å². The van der Waals surface area contributed by atoms with E-state index in [9.17, 15) is 18.0 Å². The van der Waals surface area contributed by atoms with Crippen molar-refractivity contribution in [3.05, 3.63) is 53.4 Å². The Hall–Kier alpha value is -3.25. The van der Waals surface area contributed by atoms with Crippen LogP contribution in [-0.4, -0.2) is 36.9 Å². The van der Waals surface area contributed by atoms with E-state index < -0.39 is 17.8 Å². The third-order valence-corrected chi connectivity index (χ3v) is 4.94. The van der Waals surface area contributed by atoms with Gasteiger partial charge in [-0.2, -0.15) is 23.4 Å². The molecule has 8 nitrogen and oxygen atoms in total. The summed E-state index contributed by atoms with van der Waals surface area (Å²) in [5.74, 6) is -0.678. The summed E-state index contributed by atoms with van der Waals surface area (Å²) in [5, 5.41) is 12.1. The van der Waals surface area contributed by atoms with Crippen molar-refractivity contribution in [2.45, 2.75) is 19.8 Å². The van der Waals surface area contributed by atoms with E-state index in [1.54, 1.807) is 17.5 Å². The summed E-state index contributed by atoms with van der Waals surface area (Å²) in [6.45, 7) is 2.55. The molecule has 0 saturated heterocycles. The number of hydrogen-bond donors (Lipinski definition) is 1. The molecule has 0 aliphatic rings. The average molecular weight is 436 g/mol. The molecule has 156 valence electrons. The Morgan fingerprint density at radius 1 is 1.33 bits per heavy atom. The number of carbonyl (C=O) groups is 1. The predicted molar refractivity (Wildman–Crippen MR) is 103 cm³/mol. The maximum Gasteiger partial charge on any atom is 0.433 e. The van der Waals surface area contributed by atoms with Crippen LogP contribution >= 0.6 is 11.3 Å². The first-order chi connectivity index (χ1) is 14.3. The normalized spacial score (nSPS) is 11.9. The highest BCUT2D eigenvalue weighted by Gasteiger charge is 2.35. The van der Waals surface area contributed by atoms with Crippen LogP contribution in [0.3, 0.4) is 0 Å². The highest BCUT2D eigenvalue weighted by Crippen LogP contribution is 2.33. The molecule has 0 radical (unpaired) electrons. The molecule has 4 aromatic rings. The number of aromatic nitrogens is 5. The fourth-order valence-corrected chi connectivity index (χ4v) is 3.40. The van der Waals surface area contributed by atoms with Gasteiger partial charge in [-0.3, -0.25) is 4.79 Å². The van der Waals surface area contributed by atoms with Crippen molar-refractivity contribution in [1.29, 1.82) is 0 Å². The first-order valence-electron chi connectivity index (χ1n) is 8.78. The fraction of sp³-hybridized carbons (Fsp3) is 0.222. The number of halogens is 3. The van der Waals surface area contributed by atoms with Gasteiger partial charge in [-0.25, -0.2) is 14.2 Å². The van der Waals surface area contributed by atoms with Gasteiger partial charge in [0.1, 0.15) is 6.73 Å². The standard InChI is InChI=1S/C18H15F3N6O2S/c1-2-29-10-26-9-11(8-22-26)23-17(28)13-7-16-24-12(14-4-3-5-30-14)6-15(18(19,20)21)27(16)25-13/h3-9H,2,10H2,1H3,(H,23,28). The van der Waals surface area contributed by atoms with Gasteiger partial charge in [0.15, 0.2) is 17.0 Å². The maximum atomic E-state index is 13.6. The van der Waals surface area contributed by atoms with Crippen molar-refractivity contribution in [3.8, 4) is 10.6 Å². The summed E-state index contributed by atoms with van der Waals surface area (Å²) in [5.41, 5.74) is -0.771. The smallest absolute Gasteiger partial charge is 0.360 e. The zero-order chi connectivity index (χ0) is 21.3. The third kappa shape index (κ3) is 4.04. The summed E-state index contributed by atoms with van der Waals surface area (Å²) in [6.07, 6.45) is -1.73. The van der Waals surface area contributed by atoms with E-state index in [-0.39, 0.29) is 23.8 Å². The highest BCUT2D eigenvalue weighted by molar-refractivity contribution is 7.13. The molecule has 4 aromatic heterocycles. The largest absolute Gasteiger partial charge is 0.433 e. The number of amides is 1. The molecule has 4 rings (SSSR count). The van der Waals surface area contributed by atoms with Gasteiger partial charge in [-0.1, -0.05) is 6.07 Å². The van der Waals surface area contributed by atoms with Gasteiger partial charge >= 0.3 is 6.18 Å². The molecule has 0 aliphatic heterocycles. The molecular formula is C18H15F3N6O2S. The number of anilines is 1. The first kappa shape index (κ1) is 20.0. The first-order valence-corrected chi connectivity index (χ1v) is 9.66. The Balaban J connectivity index is 1.66. The molecule has 0 unspecified atom stereocenters. The lowest BCUT2D eigenvalue weighted by atomic mass is 10.2. The van der Waals surface area contributed by atoms with Gasteiger partial charge in [-0.15, -0.1) is 11.3 Å². The van der Waals surface area contributed by atoms with Crippen LogP contribution in [0.5, 0.6) is 0 Å². The number of fused-ring (bicyclic) bond motifs is 1. The number of alkyl halides is 3. The Bertz CT molecular complexity index is 1180. The molecule has 0 spiro atoms. The van der Waals surface area contributed by atoms with Crippen molar-refractivity contribution >= 4 is 28.6 Å². The molecule has 0 aliphatic carbocycles. The Labute approximate surface area is 171 Å². The van der Waals surface area contributed by atoms with E-state index in [2.05, 4.69) is 20.5 Å². The minimum Gasteiger partial charge on any atom is -0.360 e. The number of nitrogens with zero attached hydrogens (tertiary/aromatic N) is 5. The van der Waals surface area contributed by atoms with Crippen molar-refractivity contribution in [3.63, 3.8) is 0 Å². The van der Waals surface area contributed by atoms with Crippen LogP contribution in [0.2, 0.25) is 0 Å². The van der Waals surface area contributed by atoms with Gasteiger partial charge in [0.05, 0.1) is 28.7 Å². The van der Waals surface area contributed by atoms with Crippen molar-refractivity contribution in [2.24, 2.45) is 0 Å². The van der Waals surface area contributed by atoms with Crippen molar-refractivity contribution in [1.82, 2.24) is 24.4 Å². The fourth-order valence-electron chi connectivity index (χ4n) is 2.72. The SMILES string of the molecule is CCOCn1cc(NC(=O)c2cc3nc(-c4cccs4)cc(C(F)(F)F)n3n2)cn1. The Kier molecular flexibility index (Phi) is 5.26. The van der Waals surface area contributed by atoms with Crippen LogP contribution < -0.4 is 5.32 Å². The summed E-state index contributed by atoms with van der Waals surface area (Å²) >= 11 is 1.27. The molecule has 0 aromatic carbocycles. The molecule has 1 N–H and O–H groups in total. The van der Waals surface area contributed by atoms with Gasteiger partial charge in [-0.05, 0) is 24.4 Å². The summed E-state index contributed by atoms with van der Waals surface area (Å²) in [7, 11) is 0. The third-order valence-electron chi connectivity index (χ3n) is 4.04. The molecule has 30 heavy (non-hydrogen) atoms. The van der Waals surface area contributed by atoms with Crippen LogP contribution in [0.25, 0.3) is 16.2 Å². The molecule has 4 heterocycles. The number of rotatable bonds is 6. The molecule has 12 heteroatoms. The summed E-state index contributed by atoms with van der Waals surface area (Å²) in [6, 6.07) is 5.53. The number of thiophene rings is 1. The average Bonchev–Trinajstić information content (AvgIpc) is 3.44. The van der Waals surface area contributed by atoms with Crippen LogP contribution in [0.1, 0.15) is 23.1 Å². The molecule has 0 saturated carbocycles. The topological polar surface area (TPSA) is 86.3 Å². The van der Waals surface area contributed by atoms with E-state index in [1.165, 1.54) is 34.5 Å². The quantitative estimate of drug-likeness (QED) is 0.495. The van der Waals surface area contributed by atoms with Crippen LogP contribution in [0.15, 0.2) is 42.0 Å². The van der Waals surface area contributed by atoms with E-state index in [1.807, 2.05) is 6.92 Å². The number of ether oxygens (including phenoxy) is 1. The van der Waals surface area contributed by atoms with Crippen molar-refractivity contribution < 1.29 is 22.7 Å². The van der Waals surface area contributed by atoms with Crippen LogP contribution in [0, 0.1) is 0 Å². The molecule has 0 bridgehead atoms. The Morgan fingerprint density at radius 3 is 2.87 bits per heavy atom. The minimum atomic E-state index is -4.67. The van der Waals surface area contributed by atoms with Crippen molar-refractivity contribution in [2.75, 3.05) is 11.9 Å². The molecule has 1 amide bonds. The lowest BCUT2D eigenvalue weighted by molar-refractivity contribution is -0.142. The van der Waals surface area contributed by atoms with Gasteiger partial charge in [0.2, 0.25) is 0 Å². The lowest BCUT2D eigenvalue weighted by Gasteiger charge is -2.10. The number of nitrogens with one attached hydrogen (secondary N) is 1. The predicted octanol–water partition coefficient (Wildman–Crippen LogP) is 3.92. The summed E-state index contributed by atoms with van der Waals surface area (Å²) in [4.78, 5) is 17.3. The monoisotopic (exact) mass is 436 g/mol. The Morgan fingerprint density at radius 2 is 2.17 bits per heavy atom. The summed E-state index contributed by atoms with van der Waals surface area (Å²) < 4.78 is 48.1. The van der Waals surface area contributed by atoms with E-state index in [0.29, 0.717) is 21.7 Å². The molecular weight excluding hydrogens is 421 g/mol. The molecule has 0 atom stereocenters. The highest BCUT2D eigenvalue weighted by atomic mass is 32.1. The van der Waals surface area contributed by atoms with Gasteiger partial charge in [0.25, 0.3) is 5.91 Å². The number of carbonyl (C=O) groups excluding carboxylic acids is 1.